The molecule has 0 radical (unpaired) electrons. The summed E-state index contributed by atoms with van der Waals surface area (Å²) in [4.78, 5) is 36.7. The van der Waals surface area contributed by atoms with E-state index in [4.69, 9.17) is 10.5 Å². The van der Waals surface area contributed by atoms with Gasteiger partial charge in [0.1, 0.15) is 17.4 Å². The molecule has 0 spiro atoms. The second kappa shape index (κ2) is 12.4. The van der Waals surface area contributed by atoms with E-state index in [9.17, 15) is 27.9 Å². The molecule has 1 aliphatic heterocycles. The predicted molar refractivity (Wildman–Crippen MR) is 160 cm³/mol. The maximum atomic E-state index is 13.4. The second-order valence-corrected chi connectivity index (χ2v) is 11.6. The molecule has 3 aromatic rings. The van der Waals surface area contributed by atoms with E-state index in [0.717, 1.165) is 30.5 Å². The Labute approximate surface area is 253 Å². The Morgan fingerprint density at radius 1 is 1.02 bits per heavy atom. The van der Waals surface area contributed by atoms with Crippen molar-refractivity contribution in [2.75, 3.05) is 44.3 Å². The van der Waals surface area contributed by atoms with Gasteiger partial charge in [-0.05, 0) is 80.8 Å². The number of hydrogen-bond acceptors (Lipinski definition) is 7. The number of rotatable bonds is 6. The number of methoxy groups -OCH3 is 1. The molecular formula is C31H37F3N6O4. The number of aromatic nitrogens is 2. The summed E-state index contributed by atoms with van der Waals surface area (Å²) in [7, 11) is 1.60. The van der Waals surface area contributed by atoms with Crippen LogP contribution in [0.3, 0.4) is 0 Å². The van der Waals surface area contributed by atoms with Gasteiger partial charge in [-0.25, -0.2) is 14.8 Å². The molecular weight excluding hydrogens is 577 g/mol. The molecule has 4 N–H and O–H groups in total. The number of nitrogens with one attached hydrogen (secondary N) is 1. The van der Waals surface area contributed by atoms with Gasteiger partial charge in [0.2, 0.25) is 5.91 Å². The van der Waals surface area contributed by atoms with Crippen LogP contribution in [0.2, 0.25) is 0 Å². The molecule has 2 fully saturated rings. The Morgan fingerprint density at radius 2 is 1.68 bits per heavy atom. The predicted octanol–water partition coefficient (Wildman–Crippen LogP) is 5.82. The van der Waals surface area contributed by atoms with Crippen LogP contribution >= 0.6 is 0 Å². The average molecular weight is 615 g/mol. The molecule has 1 atom stereocenters. The summed E-state index contributed by atoms with van der Waals surface area (Å²) in [6.45, 7) is 4.96. The molecule has 2 amide bonds. The Balaban J connectivity index is 1.36. The number of halogens is 3. The highest BCUT2D eigenvalue weighted by Crippen LogP contribution is 2.43. The molecule has 1 saturated heterocycles. The summed E-state index contributed by atoms with van der Waals surface area (Å²) in [6.07, 6.45) is -2.55. The second-order valence-electron chi connectivity index (χ2n) is 11.6. The van der Waals surface area contributed by atoms with Gasteiger partial charge >= 0.3 is 12.3 Å². The minimum atomic E-state index is -4.52. The summed E-state index contributed by atoms with van der Waals surface area (Å²) in [5.41, 5.74) is 7.00. The van der Waals surface area contributed by atoms with E-state index in [1.807, 2.05) is 12.1 Å². The lowest BCUT2D eigenvalue weighted by Gasteiger charge is -2.37. The van der Waals surface area contributed by atoms with Crippen molar-refractivity contribution in [1.29, 1.82) is 0 Å². The van der Waals surface area contributed by atoms with E-state index < -0.39 is 23.9 Å². The van der Waals surface area contributed by atoms with E-state index in [1.165, 1.54) is 11.0 Å². The lowest BCUT2D eigenvalue weighted by molar-refractivity contribution is -0.138. The zero-order chi connectivity index (χ0) is 31.8. The van der Waals surface area contributed by atoms with Crippen molar-refractivity contribution in [2.24, 2.45) is 5.92 Å². The van der Waals surface area contributed by atoms with Crippen LogP contribution in [-0.4, -0.2) is 70.2 Å². The standard InChI is InChI=1S/C31H37F3N6O4/c1-17(21-12-22(31(32,33)34)14-23(35)13-21)36-28-25-15-24(27(44-3)16-26(25)37-18(2)38-28)19-4-6-20(7-5-19)29(41)39-8-10-40(11-9-39)30(42)43/h12-17,19-20H,4-11,35H2,1-3H3,(H,42,43)(H,36,37,38). The van der Waals surface area contributed by atoms with Crippen LogP contribution < -0.4 is 15.8 Å². The summed E-state index contributed by atoms with van der Waals surface area (Å²) < 4.78 is 46.1. The first kappa shape index (κ1) is 31.1. The highest BCUT2D eigenvalue weighted by molar-refractivity contribution is 5.91. The quantitative estimate of drug-likeness (QED) is 0.296. The molecule has 2 aromatic carbocycles. The van der Waals surface area contributed by atoms with E-state index in [-0.39, 0.29) is 23.4 Å². The number of carboxylic acid groups (broad SMARTS) is 1. The molecule has 2 heterocycles. The summed E-state index contributed by atoms with van der Waals surface area (Å²) in [6, 6.07) is 6.83. The molecule has 2 aliphatic rings. The van der Waals surface area contributed by atoms with E-state index in [1.54, 1.807) is 25.9 Å². The fourth-order valence-corrected chi connectivity index (χ4v) is 6.30. The first-order valence-corrected chi connectivity index (χ1v) is 14.7. The van der Waals surface area contributed by atoms with Gasteiger partial charge in [-0.15, -0.1) is 0 Å². The van der Waals surface area contributed by atoms with Crippen LogP contribution in [0.5, 0.6) is 5.75 Å². The van der Waals surface area contributed by atoms with Gasteiger partial charge in [-0.1, -0.05) is 0 Å². The number of piperazine rings is 1. The molecule has 1 aromatic heterocycles. The Hall–Kier alpha value is -4.29. The van der Waals surface area contributed by atoms with Crippen LogP contribution in [0.4, 0.5) is 29.5 Å². The van der Waals surface area contributed by atoms with Crippen LogP contribution in [0.15, 0.2) is 30.3 Å². The molecule has 236 valence electrons. The highest BCUT2D eigenvalue weighted by atomic mass is 19.4. The van der Waals surface area contributed by atoms with Crippen molar-refractivity contribution in [2.45, 2.75) is 57.7 Å². The van der Waals surface area contributed by atoms with Crippen LogP contribution in [0.1, 0.15) is 67.1 Å². The highest BCUT2D eigenvalue weighted by Gasteiger charge is 2.34. The van der Waals surface area contributed by atoms with Gasteiger partial charge < -0.3 is 30.7 Å². The number of nitrogens with zero attached hydrogens (tertiary/aromatic N) is 4. The third kappa shape index (κ3) is 6.61. The Bertz CT molecular complexity index is 1550. The molecule has 1 saturated carbocycles. The van der Waals surface area contributed by atoms with Crippen LogP contribution in [0.25, 0.3) is 10.9 Å². The maximum absolute atomic E-state index is 13.4. The average Bonchev–Trinajstić information content (AvgIpc) is 2.99. The fourth-order valence-electron chi connectivity index (χ4n) is 6.30. The fraction of sp³-hybridized carbons (Fsp3) is 0.484. The molecule has 1 unspecified atom stereocenters. The number of ether oxygens (including phenoxy) is 1. The third-order valence-corrected chi connectivity index (χ3v) is 8.70. The number of amides is 2. The topological polar surface area (TPSA) is 134 Å². The molecule has 13 heteroatoms. The molecule has 1 aliphatic carbocycles. The first-order valence-electron chi connectivity index (χ1n) is 14.7. The smallest absolute Gasteiger partial charge is 0.416 e. The summed E-state index contributed by atoms with van der Waals surface area (Å²) in [5, 5.41) is 13.2. The van der Waals surface area contributed by atoms with E-state index >= 15 is 0 Å². The lowest BCUT2D eigenvalue weighted by atomic mass is 9.77. The minimum Gasteiger partial charge on any atom is -0.496 e. The number of nitrogens with two attached hydrogens (primary N) is 1. The first-order chi connectivity index (χ1) is 20.8. The molecule has 5 rings (SSSR count). The van der Waals surface area contributed by atoms with Crippen molar-refractivity contribution in [1.82, 2.24) is 19.8 Å². The van der Waals surface area contributed by atoms with Crippen LogP contribution in [0, 0.1) is 12.8 Å². The zero-order valence-electron chi connectivity index (χ0n) is 24.9. The minimum absolute atomic E-state index is 0.0239. The summed E-state index contributed by atoms with van der Waals surface area (Å²) in [5.74, 6) is 1.76. The van der Waals surface area contributed by atoms with Gasteiger partial charge in [-0.3, -0.25) is 4.79 Å². The number of anilines is 2. The Morgan fingerprint density at radius 3 is 2.30 bits per heavy atom. The van der Waals surface area contributed by atoms with Crippen molar-refractivity contribution in [3.05, 3.63) is 52.8 Å². The monoisotopic (exact) mass is 614 g/mol. The largest absolute Gasteiger partial charge is 0.496 e. The normalized spacial score (nSPS) is 20.0. The summed E-state index contributed by atoms with van der Waals surface area (Å²) >= 11 is 0. The Kier molecular flexibility index (Phi) is 8.76. The van der Waals surface area contributed by atoms with Gasteiger partial charge in [0, 0.05) is 49.2 Å². The molecule has 44 heavy (non-hydrogen) atoms. The van der Waals surface area contributed by atoms with Crippen molar-refractivity contribution >= 4 is 34.4 Å². The third-order valence-electron chi connectivity index (χ3n) is 8.70. The van der Waals surface area contributed by atoms with Gasteiger partial charge in [0.25, 0.3) is 0 Å². The van der Waals surface area contributed by atoms with Gasteiger partial charge in [0.15, 0.2) is 0 Å². The van der Waals surface area contributed by atoms with Gasteiger partial charge in [0.05, 0.1) is 24.2 Å². The number of benzene rings is 2. The number of aryl methyl sites for hydroxylation is 1. The van der Waals surface area contributed by atoms with Gasteiger partial charge in [-0.2, -0.15) is 13.2 Å². The van der Waals surface area contributed by atoms with E-state index in [2.05, 4.69) is 15.3 Å². The number of carbonyl (C=O) groups excluding carboxylic acids is 1. The van der Waals surface area contributed by atoms with E-state index in [0.29, 0.717) is 72.9 Å². The zero-order valence-corrected chi connectivity index (χ0v) is 24.9. The number of alkyl halides is 3. The number of hydrogen-bond donors (Lipinski definition) is 3. The lowest BCUT2D eigenvalue weighted by Crippen LogP contribution is -2.51. The number of nitrogen functional groups attached to an aromatic ring is 1. The molecule has 0 bridgehead atoms. The maximum Gasteiger partial charge on any atom is 0.416 e. The van der Waals surface area contributed by atoms with Crippen molar-refractivity contribution < 1.29 is 32.6 Å². The number of carbonyl (C=O) groups is 2. The van der Waals surface area contributed by atoms with Crippen molar-refractivity contribution in [3.63, 3.8) is 0 Å². The SMILES string of the molecule is COc1cc2nc(C)nc(NC(C)c3cc(N)cc(C(F)(F)F)c3)c2cc1C1CCC(C(=O)N2CCN(C(=O)O)CC2)CC1. The van der Waals surface area contributed by atoms with Crippen LogP contribution in [-0.2, 0) is 11.0 Å². The number of fused-ring (bicyclic) bond motifs is 1. The van der Waals surface area contributed by atoms with Crippen molar-refractivity contribution in [3.8, 4) is 5.75 Å². The molecule has 10 nitrogen and oxygen atoms in total.